The van der Waals surface area contributed by atoms with Crippen molar-refractivity contribution in [1.82, 2.24) is 0 Å². The Morgan fingerprint density at radius 1 is 1.00 bits per heavy atom. The normalized spacial score (nSPS) is 0. The Balaban J connectivity index is 0. The van der Waals surface area contributed by atoms with Gasteiger partial charge in [0, 0.05) is 69.8 Å². The van der Waals surface area contributed by atoms with Gasteiger partial charge in [0.25, 0.3) is 0 Å². The molecule has 0 spiro atoms. The van der Waals surface area contributed by atoms with Crippen LogP contribution in [0.15, 0.2) is 0 Å². The van der Waals surface area contributed by atoms with Crippen molar-refractivity contribution in [2.24, 2.45) is 0 Å². The SMILES string of the molecule is [Co].[Cu].[Ni].[Ru]. The van der Waals surface area contributed by atoms with E-state index in [-0.39, 0.29) is 69.8 Å². The van der Waals surface area contributed by atoms with Crippen molar-refractivity contribution >= 4 is 0 Å². The molecule has 38 valence electrons. The summed E-state index contributed by atoms with van der Waals surface area (Å²) in [4.78, 5) is 0. The zero-order valence-electron chi connectivity index (χ0n) is 1.30. The molecule has 4 heavy (non-hydrogen) atoms. The molecule has 0 atom stereocenters. The molecule has 0 N–H and O–H groups in total. The van der Waals surface area contributed by atoms with Crippen LogP contribution in [-0.2, 0) is 69.8 Å². The summed E-state index contributed by atoms with van der Waals surface area (Å²) in [7, 11) is 0. The standard InChI is InChI=1S/Co.Cu.Ni.Ru. The van der Waals surface area contributed by atoms with E-state index in [4.69, 9.17) is 0 Å². The molecule has 0 heterocycles. The van der Waals surface area contributed by atoms with Crippen molar-refractivity contribution in [1.29, 1.82) is 0 Å². The fraction of sp³-hybridized carbons (Fsp3) is 0. The van der Waals surface area contributed by atoms with Crippen LogP contribution in [0.4, 0.5) is 0 Å². The first-order valence-corrected chi connectivity index (χ1v) is 0. The van der Waals surface area contributed by atoms with Gasteiger partial charge in [0.05, 0.1) is 0 Å². The van der Waals surface area contributed by atoms with Gasteiger partial charge in [-0.15, -0.1) is 0 Å². The van der Waals surface area contributed by atoms with Gasteiger partial charge in [-0.1, -0.05) is 0 Å². The molecule has 4 heteroatoms. The monoisotopic (exact) mass is 282 g/mol. The fourth-order valence-electron chi connectivity index (χ4n) is 0. The minimum Gasteiger partial charge on any atom is 0 e. The second-order valence-corrected chi connectivity index (χ2v) is 0. The van der Waals surface area contributed by atoms with Crippen molar-refractivity contribution in [3.8, 4) is 0 Å². The summed E-state index contributed by atoms with van der Waals surface area (Å²) in [6.45, 7) is 0. The van der Waals surface area contributed by atoms with Gasteiger partial charge >= 0.3 is 0 Å². The molecule has 0 nitrogen and oxygen atoms in total. The molecule has 0 unspecified atom stereocenters. The number of rotatable bonds is 0. The summed E-state index contributed by atoms with van der Waals surface area (Å²) < 4.78 is 0. The Bertz CT molecular complexity index is 8.00. The van der Waals surface area contributed by atoms with E-state index in [0.29, 0.717) is 0 Å². The average molecular weight is 282 g/mol. The maximum Gasteiger partial charge on any atom is 0 e. The molecular formula is CoCuNiRu. The Labute approximate surface area is 69.2 Å². The molecule has 0 aromatic heterocycles. The van der Waals surface area contributed by atoms with Crippen LogP contribution < -0.4 is 0 Å². The topological polar surface area (TPSA) is 0 Å². The first kappa shape index (κ1) is 35.4. The van der Waals surface area contributed by atoms with Crippen molar-refractivity contribution < 1.29 is 69.8 Å². The molecule has 0 rings (SSSR count). The average Bonchev–Trinajstić information content (AvgIpc) is 0. The van der Waals surface area contributed by atoms with Crippen LogP contribution in [0.3, 0.4) is 0 Å². The largest absolute Gasteiger partial charge is 0 e. The molecule has 0 bridgehead atoms. The molecule has 0 aromatic rings. The van der Waals surface area contributed by atoms with E-state index in [9.17, 15) is 0 Å². The van der Waals surface area contributed by atoms with Crippen LogP contribution in [0, 0.1) is 0 Å². The van der Waals surface area contributed by atoms with E-state index in [0.717, 1.165) is 0 Å². The third-order valence-corrected chi connectivity index (χ3v) is 0. The van der Waals surface area contributed by atoms with Crippen LogP contribution in [0.5, 0.6) is 0 Å². The quantitative estimate of drug-likeness (QED) is 0.548. The minimum atomic E-state index is 0. The Morgan fingerprint density at radius 2 is 1.00 bits per heavy atom. The summed E-state index contributed by atoms with van der Waals surface area (Å²) >= 11 is 0. The second kappa shape index (κ2) is 19.2. The summed E-state index contributed by atoms with van der Waals surface area (Å²) in [6, 6.07) is 0. The first-order valence-electron chi connectivity index (χ1n) is 0. The van der Waals surface area contributed by atoms with Crippen molar-refractivity contribution in [3.05, 3.63) is 0 Å². The molecule has 2 radical (unpaired) electrons. The third kappa shape index (κ3) is 8.91. The molecule has 0 aliphatic rings. The van der Waals surface area contributed by atoms with Gasteiger partial charge in [0.1, 0.15) is 0 Å². The first-order chi connectivity index (χ1) is 0. The second-order valence-electron chi connectivity index (χ2n) is 0. The predicted octanol–water partition coefficient (Wildman–Crippen LogP) is -0.0100. The summed E-state index contributed by atoms with van der Waals surface area (Å²) in [5, 5.41) is 0. The van der Waals surface area contributed by atoms with Gasteiger partial charge in [-0.2, -0.15) is 0 Å². The van der Waals surface area contributed by atoms with Gasteiger partial charge in [0.15, 0.2) is 0 Å². The Hall–Kier alpha value is 2.14. The maximum absolute atomic E-state index is 0. The van der Waals surface area contributed by atoms with Gasteiger partial charge in [-0.05, 0) is 0 Å². The van der Waals surface area contributed by atoms with Crippen molar-refractivity contribution in [2.45, 2.75) is 0 Å². The summed E-state index contributed by atoms with van der Waals surface area (Å²) in [6.07, 6.45) is 0. The van der Waals surface area contributed by atoms with Crippen LogP contribution in [0.1, 0.15) is 0 Å². The molecule has 0 saturated carbocycles. The van der Waals surface area contributed by atoms with Gasteiger partial charge in [0.2, 0.25) is 0 Å². The van der Waals surface area contributed by atoms with E-state index in [1.165, 1.54) is 0 Å². The molecule has 0 aromatic carbocycles. The smallest absolute Gasteiger partial charge is 0 e. The summed E-state index contributed by atoms with van der Waals surface area (Å²) in [5.41, 5.74) is 0. The summed E-state index contributed by atoms with van der Waals surface area (Å²) in [5.74, 6) is 0. The van der Waals surface area contributed by atoms with E-state index >= 15 is 0 Å². The van der Waals surface area contributed by atoms with Crippen LogP contribution >= 0.6 is 0 Å². The molecule has 0 fully saturated rings. The van der Waals surface area contributed by atoms with E-state index in [2.05, 4.69) is 0 Å². The Morgan fingerprint density at radius 3 is 1.00 bits per heavy atom. The molecule has 0 aliphatic carbocycles. The zero-order valence-corrected chi connectivity index (χ0v) is 6.01. The van der Waals surface area contributed by atoms with E-state index < -0.39 is 0 Å². The molecule has 0 aliphatic heterocycles. The van der Waals surface area contributed by atoms with Gasteiger partial charge in [-0.3, -0.25) is 0 Å². The van der Waals surface area contributed by atoms with E-state index in [1.54, 1.807) is 0 Å². The van der Waals surface area contributed by atoms with Crippen LogP contribution in [0.25, 0.3) is 0 Å². The third-order valence-electron chi connectivity index (χ3n) is 0. The fourth-order valence-corrected chi connectivity index (χ4v) is 0. The van der Waals surface area contributed by atoms with Crippen molar-refractivity contribution in [2.75, 3.05) is 0 Å². The zero-order chi connectivity index (χ0) is 0. The van der Waals surface area contributed by atoms with Gasteiger partial charge < -0.3 is 0 Å². The minimum absolute atomic E-state index is 0. The molecule has 0 amide bonds. The van der Waals surface area contributed by atoms with Crippen LogP contribution in [0.2, 0.25) is 0 Å². The molecular weight excluding hydrogens is 282 g/mol. The Kier molecular flexibility index (Phi) is 170. The van der Waals surface area contributed by atoms with E-state index in [1.807, 2.05) is 0 Å². The van der Waals surface area contributed by atoms with Crippen molar-refractivity contribution in [3.63, 3.8) is 0 Å². The number of hydrogen-bond donors (Lipinski definition) is 0. The maximum atomic E-state index is 0. The predicted molar refractivity (Wildman–Crippen MR) is 0 cm³/mol. The van der Waals surface area contributed by atoms with Crippen LogP contribution in [-0.4, -0.2) is 0 Å². The molecule has 0 saturated heterocycles. The number of hydrogen-bond acceptors (Lipinski definition) is 0. The van der Waals surface area contributed by atoms with Gasteiger partial charge in [-0.25, -0.2) is 0 Å².